The molecular weight excluding hydrogens is 584 g/mol. The van der Waals surface area contributed by atoms with Crippen molar-refractivity contribution in [2.45, 2.75) is 96.4 Å². The number of rotatable bonds is 7. The fraction of sp³-hybridized carbons (Fsp3) is 0.583. The second-order valence-corrected chi connectivity index (χ2v) is 13.0. The van der Waals surface area contributed by atoms with Crippen molar-refractivity contribution in [2.75, 3.05) is 38.7 Å². The van der Waals surface area contributed by atoms with Crippen molar-refractivity contribution in [1.29, 1.82) is 0 Å². The molecule has 1 saturated carbocycles. The van der Waals surface area contributed by atoms with E-state index in [1.165, 1.54) is 6.42 Å². The maximum absolute atomic E-state index is 14.3. The smallest absolute Gasteiger partial charge is 0.317 e. The molecule has 46 heavy (non-hydrogen) atoms. The number of anilines is 1. The lowest BCUT2D eigenvalue weighted by Gasteiger charge is -2.36. The lowest BCUT2D eigenvalue weighted by molar-refractivity contribution is -0.0123. The standard InChI is InChI=1S/C36H52N4O6/c1-25-22-40(26(2)24-41)35(43)31-21-30(37-34(42)28-14-7-5-8-15-28)18-19-32(31)46-27(3)13-11-12-20-45-33(25)23-39(4)36(44)38-29-16-9-6-10-17-29/h5,7-8,14-15,18-19,21,25-27,29,33,41H,6,9-13,16-17,20,22-24H2,1-4H3,(H,37,42)(H,38,44)/t25-,26+,27-,33+/m1/s1. The molecule has 252 valence electrons. The zero-order valence-corrected chi connectivity index (χ0v) is 27.9. The molecule has 2 aliphatic rings. The number of hydrogen-bond donors (Lipinski definition) is 3. The highest BCUT2D eigenvalue weighted by molar-refractivity contribution is 6.05. The van der Waals surface area contributed by atoms with Crippen molar-refractivity contribution in [3.63, 3.8) is 0 Å². The predicted molar refractivity (Wildman–Crippen MR) is 179 cm³/mol. The van der Waals surface area contributed by atoms with Crippen LogP contribution in [-0.2, 0) is 4.74 Å². The Morgan fingerprint density at radius 2 is 1.74 bits per heavy atom. The Hall–Kier alpha value is -3.63. The van der Waals surface area contributed by atoms with Crippen LogP contribution >= 0.6 is 0 Å². The Kier molecular flexibility index (Phi) is 13.3. The highest BCUT2D eigenvalue weighted by Crippen LogP contribution is 2.29. The van der Waals surface area contributed by atoms with Crippen LogP contribution in [0.1, 0.15) is 92.9 Å². The van der Waals surface area contributed by atoms with Crippen LogP contribution in [0.3, 0.4) is 0 Å². The van der Waals surface area contributed by atoms with Gasteiger partial charge in [0.25, 0.3) is 11.8 Å². The molecule has 2 aromatic rings. The molecule has 3 N–H and O–H groups in total. The summed E-state index contributed by atoms with van der Waals surface area (Å²) in [5, 5.41) is 16.3. The van der Waals surface area contributed by atoms with E-state index < -0.39 is 6.04 Å². The third-order valence-electron chi connectivity index (χ3n) is 9.08. The number of carbonyl (C=O) groups excluding carboxylic acids is 3. The largest absolute Gasteiger partial charge is 0.490 e. The van der Waals surface area contributed by atoms with E-state index in [-0.39, 0.29) is 48.6 Å². The first-order valence-corrected chi connectivity index (χ1v) is 16.9. The van der Waals surface area contributed by atoms with E-state index in [1.807, 2.05) is 19.9 Å². The SMILES string of the molecule is C[C@@H]1CCCCO[C@@H](CN(C)C(=O)NC2CCCCC2)[C@H](C)CN([C@@H](C)CO)C(=O)c2cc(NC(=O)c3ccccc3)ccc2O1. The van der Waals surface area contributed by atoms with E-state index in [0.29, 0.717) is 42.3 Å². The summed E-state index contributed by atoms with van der Waals surface area (Å²) in [6.07, 6.45) is 7.50. The number of likely N-dealkylation sites (N-methyl/N-ethyl adjacent to an activating group) is 1. The van der Waals surface area contributed by atoms with E-state index in [0.717, 1.165) is 44.9 Å². The fourth-order valence-electron chi connectivity index (χ4n) is 6.14. The van der Waals surface area contributed by atoms with Crippen molar-refractivity contribution >= 4 is 23.5 Å². The normalized spacial score (nSPS) is 22.5. The number of aliphatic hydroxyl groups is 1. The summed E-state index contributed by atoms with van der Waals surface area (Å²) in [4.78, 5) is 43.7. The van der Waals surface area contributed by atoms with E-state index in [9.17, 15) is 19.5 Å². The molecule has 0 unspecified atom stereocenters. The van der Waals surface area contributed by atoms with Crippen molar-refractivity contribution < 1.29 is 29.0 Å². The number of ether oxygens (including phenoxy) is 2. The first-order valence-electron chi connectivity index (χ1n) is 16.9. The van der Waals surface area contributed by atoms with Gasteiger partial charge < -0.3 is 35.0 Å². The van der Waals surface area contributed by atoms with Crippen LogP contribution in [0.25, 0.3) is 0 Å². The molecule has 4 amide bonds. The van der Waals surface area contributed by atoms with Gasteiger partial charge in [-0.2, -0.15) is 0 Å². The Bertz CT molecular complexity index is 1280. The number of urea groups is 1. The Labute approximate surface area is 273 Å². The molecule has 0 saturated heterocycles. The van der Waals surface area contributed by atoms with Crippen LogP contribution in [-0.4, -0.2) is 90.4 Å². The topological polar surface area (TPSA) is 120 Å². The highest BCUT2D eigenvalue weighted by Gasteiger charge is 2.31. The van der Waals surface area contributed by atoms with Crippen LogP contribution in [0.4, 0.5) is 10.5 Å². The minimum absolute atomic E-state index is 0.108. The Balaban J connectivity index is 1.58. The summed E-state index contributed by atoms with van der Waals surface area (Å²) in [6.45, 7) is 6.77. The number of nitrogens with zero attached hydrogens (tertiary/aromatic N) is 2. The molecule has 1 heterocycles. The van der Waals surface area contributed by atoms with Crippen LogP contribution < -0.4 is 15.4 Å². The summed E-state index contributed by atoms with van der Waals surface area (Å²) < 4.78 is 12.7. The highest BCUT2D eigenvalue weighted by atomic mass is 16.5. The molecule has 0 spiro atoms. The van der Waals surface area contributed by atoms with Crippen LogP contribution in [0.5, 0.6) is 5.75 Å². The first kappa shape index (κ1) is 35.2. The lowest BCUT2D eigenvalue weighted by Crippen LogP contribution is -2.50. The minimum atomic E-state index is -0.497. The van der Waals surface area contributed by atoms with Gasteiger partial charge in [0.15, 0.2) is 0 Å². The van der Waals surface area contributed by atoms with Gasteiger partial charge in [0.2, 0.25) is 0 Å². The maximum atomic E-state index is 14.3. The van der Waals surface area contributed by atoms with E-state index >= 15 is 0 Å². The van der Waals surface area contributed by atoms with E-state index in [2.05, 4.69) is 10.6 Å². The number of carbonyl (C=O) groups is 3. The van der Waals surface area contributed by atoms with Gasteiger partial charge in [0.1, 0.15) is 5.75 Å². The average molecular weight is 637 g/mol. The van der Waals surface area contributed by atoms with Crippen molar-refractivity contribution in [1.82, 2.24) is 15.1 Å². The molecule has 1 fully saturated rings. The summed E-state index contributed by atoms with van der Waals surface area (Å²) in [6, 6.07) is 13.6. The summed E-state index contributed by atoms with van der Waals surface area (Å²) in [7, 11) is 1.79. The lowest BCUT2D eigenvalue weighted by atomic mass is 9.96. The summed E-state index contributed by atoms with van der Waals surface area (Å²) in [5.74, 6) is -0.323. The summed E-state index contributed by atoms with van der Waals surface area (Å²) >= 11 is 0. The van der Waals surface area contributed by atoms with Gasteiger partial charge in [0, 0.05) is 50.0 Å². The zero-order chi connectivity index (χ0) is 33.1. The van der Waals surface area contributed by atoms with Gasteiger partial charge in [-0.25, -0.2) is 4.79 Å². The zero-order valence-electron chi connectivity index (χ0n) is 27.9. The van der Waals surface area contributed by atoms with Gasteiger partial charge in [-0.3, -0.25) is 9.59 Å². The first-order chi connectivity index (χ1) is 22.2. The van der Waals surface area contributed by atoms with E-state index in [1.54, 1.807) is 66.2 Å². The second kappa shape index (κ2) is 17.3. The van der Waals surface area contributed by atoms with Crippen LogP contribution in [0.2, 0.25) is 0 Å². The monoisotopic (exact) mass is 636 g/mol. The third kappa shape index (κ3) is 9.93. The fourth-order valence-corrected chi connectivity index (χ4v) is 6.14. The van der Waals surface area contributed by atoms with Gasteiger partial charge in [-0.1, -0.05) is 44.4 Å². The van der Waals surface area contributed by atoms with Gasteiger partial charge >= 0.3 is 6.03 Å². The van der Waals surface area contributed by atoms with Crippen molar-refractivity contribution in [2.24, 2.45) is 5.92 Å². The summed E-state index contributed by atoms with van der Waals surface area (Å²) in [5.41, 5.74) is 1.28. The third-order valence-corrected chi connectivity index (χ3v) is 9.08. The van der Waals surface area contributed by atoms with Gasteiger partial charge in [0.05, 0.1) is 30.4 Å². The van der Waals surface area contributed by atoms with Gasteiger partial charge in [-0.05, 0) is 76.3 Å². The van der Waals surface area contributed by atoms with Crippen molar-refractivity contribution in [3.05, 3.63) is 59.7 Å². The molecule has 1 aliphatic heterocycles. The quantitative estimate of drug-likeness (QED) is 0.358. The number of nitrogens with one attached hydrogen (secondary N) is 2. The average Bonchev–Trinajstić information content (AvgIpc) is 3.06. The maximum Gasteiger partial charge on any atom is 0.317 e. The number of aliphatic hydroxyl groups excluding tert-OH is 1. The van der Waals surface area contributed by atoms with E-state index in [4.69, 9.17) is 9.47 Å². The molecule has 10 heteroatoms. The minimum Gasteiger partial charge on any atom is -0.490 e. The van der Waals surface area contributed by atoms with Crippen molar-refractivity contribution in [3.8, 4) is 5.75 Å². The Morgan fingerprint density at radius 1 is 1.02 bits per heavy atom. The Morgan fingerprint density at radius 3 is 2.46 bits per heavy atom. The number of amides is 4. The molecule has 4 atom stereocenters. The van der Waals surface area contributed by atoms with Crippen LogP contribution in [0, 0.1) is 5.92 Å². The number of fused-ring (bicyclic) bond motifs is 1. The molecule has 0 aromatic heterocycles. The molecular formula is C36H52N4O6. The molecule has 0 bridgehead atoms. The number of benzene rings is 2. The molecule has 0 radical (unpaired) electrons. The molecule has 10 nitrogen and oxygen atoms in total. The molecule has 4 rings (SSSR count). The predicted octanol–water partition coefficient (Wildman–Crippen LogP) is 5.71. The second-order valence-electron chi connectivity index (χ2n) is 13.0. The number of hydrogen-bond acceptors (Lipinski definition) is 6. The molecule has 1 aliphatic carbocycles. The van der Waals surface area contributed by atoms with Gasteiger partial charge in [-0.15, -0.1) is 0 Å². The molecule has 2 aromatic carbocycles. The van der Waals surface area contributed by atoms with Crippen LogP contribution in [0.15, 0.2) is 48.5 Å².